The molecule has 0 bridgehead atoms. The third kappa shape index (κ3) is 5.83. The van der Waals surface area contributed by atoms with E-state index in [1.807, 2.05) is 47.6 Å². The number of benzene rings is 1. The van der Waals surface area contributed by atoms with Gasteiger partial charge in [0.1, 0.15) is 11.6 Å². The molecule has 1 fully saturated rings. The van der Waals surface area contributed by atoms with Crippen LogP contribution < -0.4 is 4.74 Å². The van der Waals surface area contributed by atoms with Crippen LogP contribution in [0.3, 0.4) is 0 Å². The maximum atomic E-state index is 13.7. The van der Waals surface area contributed by atoms with E-state index in [2.05, 4.69) is 0 Å². The lowest BCUT2D eigenvalue weighted by Gasteiger charge is -2.32. The van der Waals surface area contributed by atoms with Gasteiger partial charge in [-0.2, -0.15) is 0 Å². The normalized spacial score (nSPS) is 19.2. The van der Waals surface area contributed by atoms with E-state index in [-0.39, 0.29) is 18.8 Å². The van der Waals surface area contributed by atoms with Crippen LogP contribution in [0.1, 0.15) is 60.5 Å². The van der Waals surface area contributed by atoms with Crippen molar-refractivity contribution in [2.75, 3.05) is 6.61 Å². The molecule has 5 nitrogen and oxygen atoms in total. The number of carbonyl (C=O) groups is 1. The molecule has 1 aliphatic heterocycles. The van der Waals surface area contributed by atoms with Crippen LogP contribution in [-0.2, 0) is 25.3 Å². The van der Waals surface area contributed by atoms with Gasteiger partial charge in [-0.05, 0) is 58.9 Å². The number of rotatable bonds is 8. The minimum atomic E-state index is -0.427. The Morgan fingerprint density at radius 3 is 2.38 bits per heavy atom. The molecular formula is C22H32BFO5. The Hall–Kier alpha value is -1.86. The van der Waals surface area contributed by atoms with Crippen LogP contribution in [0.4, 0.5) is 4.39 Å². The topological polar surface area (TPSA) is 54.0 Å². The summed E-state index contributed by atoms with van der Waals surface area (Å²) in [6, 6.07) is 4.15. The van der Waals surface area contributed by atoms with Gasteiger partial charge in [-0.3, -0.25) is 4.79 Å². The van der Waals surface area contributed by atoms with Crippen LogP contribution in [0.15, 0.2) is 30.0 Å². The minimum Gasteiger partial charge on any atom is -0.466 e. The van der Waals surface area contributed by atoms with Crippen molar-refractivity contribution in [1.82, 2.24) is 0 Å². The van der Waals surface area contributed by atoms with Crippen molar-refractivity contribution in [2.45, 2.75) is 78.3 Å². The van der Waals surface area contributed by atoms with Gasteiger partial charge < -0.3 is 18.8 Å². The van der Waals surface area contributed by atoms with Crippen molar-refractivity contribution in [3.05, 3.63) is 41.4 Å². The number of hydrogen-bond acceptors (Lipinski definition) is 5. The second-order valence-corrected chi connectivity index (χ2v) is 8.31. The average molecular weight is 406 g/mol. The van der Waals surface area contributed by atoms with Gasteiger partial charge in [0.15, 0.2) is 0 Å². The molecule has 160 valence electrons. The molecule has 1 aliphatic rings. The fourth-order valence-corrected chi connectivity index (χ4v) is 2.99. The van der Waals surface area contributed by atoms with Gasteiger partial charge in [0.05, 0.1) is 30.0 Å². The second-order valence-electron chi connectivity index (χ2n) is 8.31. The number of carbonyl (C=O) groups excluding carboxylic acids is 1. The molecule has 29 heavy (non-hydrogen) atoms. The number of ether oxygens (including phenoxy) is 2. The Labute approximate surface area is 173 Å². The Morgan fingerprint density at radius 1 is 1.21 bits per heavy atom. The molecular weight excluding hydrogens is 374 g/mol. The van der Waals surface area contributed by atoms with E-state index in [9.17, 15) is 9.18 Å². The predicted molar refractivity (Wildman–Crippen MR) is 111 cm³/mol. The zero-order chi connectivity index (χ0) is 21.8. The molecule has 0 N–H and O–H groups in total. The van der Waals surface area contributed by atoms with Crippen LogP contribution in [0.5, 0.6) is 5.75 Å². The SMILES string of the molecule is CCOC(=O)Cc1cc(F)ccc1O/C(=C/C(C)B1OC(C)(C)C(C)(C)O1)CC. The van der Waals surface area contributed by atoms with Gasteiger partial charge in [-0.15, -0.1) is 0 Å². The van der Waals surface area contributed by atoms with Gasteiger partial charge in [0.25, 0.3) is 0 Å². The van der Waals surface area contributed by atoms with Crippen molar-refractivity contribution >= 4 is 13.1 Å². The molecule has 1 atom stereocenters. The maximum absolute atomic E-state index is 13.7. The first-order valence-electron chi connectivity index (χ1n) is 10.2. The minimum absolute atomic E-state index is 0.0509. The number of allylic oxidation sites excluding steroid dienone is 2. The average Bonchev–Trinajstić information content (AvgIpc) is 2.84. The Morgan fingerprint density at radius 2 is 1.83 bits per heavy atom. The van der Waals surface area contributed by atoms with E-state index >= 15 is 0 Å². The lowest BCUT2D eigenvalue weighted by Crippen LogP contribution is -2.41. The van der Waals surface area contributed by atoms with Crippen LogP contribution in [0.2, 0.25) is 5.82 Å². The second kappa shape index (κ2) is 9.31. The monoisotopic (exact) mass is 406 g/mol. The fraction of sp³-hybridized carbons (Fsp3) is 0.591. The van der Waals surface area contributed by atoms with Gasteiger partial charge in [-0.25, -0.2) is 4.39 Å². The molecule has 1 aromatic carbocycles. The standard InChI is InChI=1S/C22H32BFO5/c1-8-18(12-15(3)23-28-21(4,5)22(6,7)29-23)27-19-11-10-17(24)13-16(19)14-20(25)26-9-2/h10-13,15H,8-9,14H2,1-7H3/b18-12+. The molecule has 1 heterocycles. The predicted octanol–water partition coefficient (Wildman–Crippen LogP) is 5.09. The highest BCUT2D eigenvalue weighted by Gasteiger charge is 2.52. The van der Waals surface area contributed by atoms with Gasteiger partial charge in [0.2, 0.25) is 0 Å². The summed E-state index contributed by atoms with van der Waals surface area (Å²) in [6.45, 7) is 14.0. The highest BCUT2D eigenvalue weighted by molar-refractivity contribution is 6.48. The van der Waals surface area contributed by atoms with Gasteiger partial charge in [-0.1, -0.05) is 13.8 Å². The van der Waals surface area contributed by atoms with Crippen molar-refractivity contribution in [1.29, 1.82) is 0 Å². The van der Waals surface area contributed by atoms with E-state index in [0.29, 0.717) is 23.5 Å². The molecule has 1 unspecified atom stereocenters. The summed E-state index contributed by atoms with van der Waals surface area (Å²) in [7, 11) is -0.391. The molecule has 0 spiro atoms. The third-order valence-electron chi connectivity index (χ3n) is 5.40. The van der Waals surface area contributed by atoms with E-state index in [1.54, 1.807) is 6.92 Å². The lowest BCUT2D eigenvalue weighted by atomic mass is 9.73. The molecule has 0 amide bonds. The fourth-order valence-electron chi connectivity index (χ4n) is 2.99. The first kappa shape index (κ1) is 23.4. The van der Waals surface area contributed by atoms with Crippen molar-refractivity contribution in [3.8, 4) is 5.75 Å². The van der Waals surface area contributed by atoms with E-state index < -0.39 is 30.1 Å². The largest absolute Gasteiger partial charge is 0.466 e. The molecule has 1 aromatic rings. The van der Waals surface area contributed by atoms with E-state index in [0.717, 1.165) is 0 Å². The molecule has 7 heteroatoms. The summed E-state index contributed by atoms with van der Waals surface area (Å²) in [5.41, 5.74) is -0.362. The highest BCUT2D eigenvalue weighted by Crippen LogP contribution is 2.40. The van der Waals surface area contributed by atoms with E-state index in [1.165, 1.54) is 18.2 Å². The van der Waals surface area contributed by atoms with Crippen molar-refractivity contribution < 1.29 is 28.0 Å². The third-order valence-corrected chi connectivity index (χ3v) is 5.40. The highest BCUT2D eigenvalue weighted by atomic mass is 19.1. The quantitative estimate of drug-likeness (QED) is 0.342. The molecule has 2 rings (SSSR count). The summed E-state index contributed by atoms with van der Waals surface area (Å²) < 4.78 is 36.9. The van der Waals surface area contributed by atoms with Crippen LogP contribution in [0, 0.1) is 5.82 Å². The molecule has 1 saturated heterocycles. The first-order chi connectivity index (χ1) is 13.5. The molecule has 0 aliphatic carbocycles. The lowest BCUT2D eigenvalue weighted by molar-refractivity contribution is -0.142. The Kier molecular flexibility index (Phi) is 7.52. The number of esters is 1. The molecule has 0 saturated carbocycles. The van der Waals surface area contributed by atoms with Gasteiger partial charge >= 0.3 is 13.1 Å². The van der Waals surface area contributed by atoms with Crippen LogP contribution >= 0.6 is 0 Å². The number of hydrogen-bond donors (Lipinski definition) is 0. The summed E-state index contributed by atoms with van der Waals surface area (Å²) >= 11 is 0. The van der Waals surface area contributed by atoms with Crippen LogP contribution in [0.25, 0.3) is 0 Å². The molecule has 0 aromatic heterocycles. The zero-order valence-corrected chi connectivity index (χ0v) is 18.5. The number of halogens is 1. The summed E-state index contributed by atoms with van der Waals surface area (Å²) in [5.74, 6) is 0.234. The summed E-state index contributed by atoms with van der Waals surface area (Å²) in [4.78, 5) is 11.9. The Balaban J connectivity index is 2.18. The molecule has 0 radical (unpaired) electrons. The van der Waals surface area contributed by atoms with Crippen LogP contribution in [-0.4, -0.2) is 30.9 Å². The van der Waals surface area contributed by atoms with Crippen molar-refractivity contribution in [2.24, 2.45) is 0 Å². The smallest absolute Gasteiger partial charge is 0.465 e. The summed E-state index contributed by atoms with van der Waals surface area (Å²) in [6.07, 6.45) is 2.53. The Bertz CT molecular complexity index is 744. The maximum Gasteiger partial charge on any atom is 0.465 e. The first-order valence-corrected chi connectivity index (χ1v) is 10.2. The summed E-state index contributed by atoms with van der Waals surface area (Å²) in [5, 5.41) is 0. The van der Waals surface area contributed by atoms with E-state index in [4.69, 9.17) is 18.8 Å². The van der Waals surface area contributed by atoms with Gasteiger partial charge in [0, 0.05) is 17.8 Å². The zero-order valence-electron chi connectivity index (χ0n) is 18.5. The van der Waals surface area contributed by atoms with Crippen molar-refractivity contribution in [3.63, 3.8) is 0 Å².